The smallest absolute Gasteiger partial charge is 0.0630 e. The van der Waals surface area contributed by atoms with E-state index in [0.717, 1.165) is 0 Å². The van der Waals surface area contributed by atoms with Gasteiger partial charge in [0.25, 0.3) is 0 Å². The van der Waals surface area contributed by atoms with Crippen molar-refractivity contribution in [1.82, 2.24) is 0 Å². The Kier molecular flexibility index (Phi) is 2.33. The Labute approximate surface area is 99.3 Å². The van der Waals surface area contributed by atoms with Crippen LogP contribution in [0.15, 0.2) is 30.3 Å². The van der Waals surface area contributed by atoms with Gasteiger partial charge in [-0.25, -0.2) is 0 Å². The van der Waals surface area contributed by atoms with Crippen molar-refractivity contribution < 1.29 is 0 Å². The first-order chi connectivity index (χ1) is 6.52. The standard InChI is InChI=1S/C12H14IN/c1-9-8-12(2,3)14(13)11-7-5-4-6-10(9)11/h4-8H,1-3H3. The molecule has 0 saturated carbocycles. The second-order valence-corrected chi connectivity index (χ2v) is 5.24. The molecular weight excluding hydrogens is 285 g/mol. The number of benzene rings is 1. The zero-order chi connectivity index (χ0) is 10.3. The quantitative estimate of drug-likeness (QED) is 0.516. The molecule has 0 fully saturated rings. The van der Waals surface area contributed by atoms with E-state index in [2.05, 4.69) is 77.1 Å². The molecule has 0 aromatic heterocycles. The lowest BCUT2D eigenvalue weighted by Gasteiger charge is -2.38. The molecule has 1 aromatic rings. The van der Waals surface area contributed by atoms with E-state index in [9.17, 15) is 0 Å². The Morgan fingerprint density at radius 3 is 2.57 bits per heavy atom. The normalized spacial score (nSPS) is 18.9. The summed E-state index contributed by atoms with van der Waals surface area (Å²) in [4.78, 5) is 0. The molecule has 1 aliphatic rings. The van der Waals surface area contributed by atoms with Crippen LogP contribution in [-0.2, 0) is 0 Å². The molecule has 2 heteroatoms. The minimum atomic E-state index is 0.110. The van der Waals surface area contributed by atoms with Gasteiger partial charge in [0.2, 0.25) is 0 Å². The Balaban J connectivity index is 2.63. The summed E-state index contributed by atoms with van der Waals surface area (Å²) in [5, 5.41) is 0. The summed E-state index contributed by atoms with van der Waals surface area (Å²) >= 11 is 2.39. The van der Waals surface area contributed by atoms with E-state index in [1.54, 1.807) is 0 Å². The van der Waals surface area contributed by atoms with Crippen LogP contribution in [0.5, 0.6) is 0 Å². The largest absolute Gasteiger partial charge is 0.305 e. The van der Waals surface area contributed by atoms with Crippen molar-refractivity contribution in [2.45, 2.75) is 26.3 Å². The highest BCUT2D eigenvalue weighted by atomic mass is 127. The van der Waals surface area contributed by atoms with Crippen LogP contribution in [0.2, 0.25) is 0 Å². The summed E-state index contributed by atoms with van der Waals surface area (Å²) in [5.74, 6) is 0. The minimum absolute atomic E-state index is 0.110. The van der Waals surface area contributed by atoms with Gasteiger partial charge in [-0.15, -0.1) is 0 Å². The molecule has 0 amide bonds. The first-order valence-electron chi connectivity index (χ1n) is 4.77. The van der Waals surface area contributed by atoms with Crippen molar-refractivity contribution in [3.63, 3.8) is 0 Å². The number of para-hydroxylation sites is 1. The number of nitrogens with zero attached hydrogens (tertiary/aromatic N) is 1. The summed E-state index contributed by atoms with van der Waals surface area (Å²) in [6.07, 6.45) is 2.32. The predicted octanol–water partition coefficient (Wildman–Crippen LogP) is 4.04. The van der Waals surface area contributed by atoms with Crippen molar-refractivity contribution >= 4 is 34.1 Å². The van der Waals surface area contributed by atoms with Gasteiger partial charge in [-0.2, -0.15) is 0 Å². The minimum Gasteiger partial charge on any atom is -0.305 e. The summed E-state index contributed by atoms with van der Waals surface area (Å²) in [7, 11) is 0. The van der Waals surface area contributed by atoms with Crippen LogP contribution < -0.4 is 3.11 Å². The van der Waals surface area contributed by atoms with E-state index in [4.69, 9.17) is 0 Å². The number of fused-ring (bicyclic) bond motifs is 1. The molecule has 0 N–H and O–H groups in total. The summed E-state index contributed by atoms with van der Waals surface area (Å²) in [6, 6.07) is 8.56. The SMILES string of the molecule is CC1=CC(C)(C)N(I)c2ccccc21. The molecule has 14 heavy (non-hydrogen) atoms. The molecule has 0 bridgehead atoms. The molecule has 0 spiro atoms. The van der Waals surface area contributed by atoms with Crippen LogP contribution in [-0.4, -0.2) is 5.54 Å². The summed E-state index contributed by atoms with van der Waals surface area (Å²) < 4.78 is 2.30. The van der Waals surface area contributed by atoms with E-state index in [1.165, 1.54) is 16.8 Å². The van der Waals surface area contributed by atoms with Crippen molar-refractivity contribution in [2.24, 2.45) is 0 Å². The molecule has 1 nitrogen and oxygen atoms in total. The van der Waals surface area contributed by atoms with Gasteiger partial charge < -0.3 is 3.11 Å². The van der Waals surface area contributed by atoms with Crippen molar-refractivity contribution in [1.29, 1.82) is 0 Å². The lowest BCUT2D eigenvalue weighted by atomic mass is 9.91. The number of hydrogen-bond acceptors (Lipinski definition) is 1. The first kappa shape index (κ1) is 10.0. The number of allylic oxidation sites excluding steroid dienone is 1. The Morgan fingerprint density at radius 1 is 1.21 bits per heavy atom. The molecule has 0 unspecified atom stereocenters. The molecule has 0 atom stereocenters. The molecule has 74 valence electrons. The molecule has 0 radical (unpaired) electrons. The highest BCUT2D eigenvalue weighted by Gasteiger charge is 2.29. The van der Waals surface area contributed by atoms with Crippen LogP contribution in [0, 0.1) is 0 Å². The third kappa shape index (κ3) is 1.45. The second kappa shape index (κ2) is 3.26. The van der Waals surface area contributed by atoms with Crippen LogP contribution in [0.1, 0.15) is 26.3 Å². The highest BCUT2D eigenvalue weighted by molar-refractivity contribution is 14.1. The van der Waals surface area contributed by atoms with Crippen molar-refractivity contribution in [2.75, 3.05) is 3.11 Å². The van der Waals surface area contributed by atoms with E-state index in [-0.39, 0.29) is 5.54 Å². The van der Waals surface area contributed by atoms with Gasteiger partial charge in [-0.05, 0) is 32.4 Å². The van der Waals surface area contributed by atoms with Gasteiger partial charge in [0.1, 0.15) is 0 Å². The van der Waals surface area contributed by atoms with Gasteiger partial charge in [-0.3, -0.25) is 0 Å². The maximum atomic E-state index is 2.39. The van der Waals surface area contributed by atoms with Crippen molar-refractivity contribution in [3.8, 4) is 0 Å². The number of halogens is 1. The Hall–Kier alpha value is -0.510. The van der Waals surface area contributed by atoms with Gasteiger partial charge in [0.15, 0.2) is 0 Å². The highest BCUT2D eigenvalue weighted by Crippen LogP contribution is 2.40. The van der Waals surface area contributed by atoms with Crippen LogP contribution in [0.4, 0.5) is 5.69 Å². The monoisotopic (exact) mass is 299 g/mol. The topological polar surface area (TPSA) is 3.24 Å². The molecule has 2 rings (SSSR count). The Morgan fingerprint density at radius 2 is 1.86 bits per heavy atom. The number of hydrogen-bond donors (Lipinski definition) is 0. The summed E-state index contributed by atoms with van der Waals surface area (Å²) in [5.41, 5.74) is 4.15. The van der Waals surface area contributed by atoms with Crippen LogP contribution in [0.25, 0.3) is 5.57 Å². The second-order valence-electron chi connectivity index (χ2n) is 4.28. The average Bonchev–Trinajstić information content (AvgIpc) is 2.14. The van der Waals surface area contributed by atoms with Gasteiger partial charge in [0, 0.05) is 5.56 Å². The van der Waals surface area contributed by atoms with Crippen molar-refractivity contribution in [3.05, 3.63) is 35.9 Å². The maximum absolute atomic E-state index is 2.39. The fraction of sp³-hybridized carbons (Fsp3) is 0.333. The first-order valence-corrected chi connectivity index (χ1v) is 5.74. The number of rotatable bonds is 0. The fourth-order valence-corrected chi connectivity index (χ4v) is 2.51. The molecule has 1 aromatic carbocycles. The Bertz CT molecular complexity index is 393. The lowest BCUT2D eigenvalue weighted by molar-refractivity contribution is 0.671. The molecule has 1 aliphatic heterocycles. The summed E-state index contributed by atoms with van der Waals surface area (Å²) in [6.45, 7) is 6.65. The molecule has 1 heterocycles. The van der Waals surface area contributed by atoms with E-state index < -0.39 is 0 Å². The zero-order valence-electron chi connectivity index (χ0n) is 8.71. The van der Waals surface area contributed by atoms with Crippen LogP contribution >= 0.6 is 22.9 Å². The molecule has 0 aliphatic carbocycles. The zero-order valence-corrected chi connectivity index (χ0v) is 10.9. The third-order valence-electron chi connectivity index (χ3n) is 2.62. The fourth-order valence-electron chi connectivity index (χ4n) is 1.95. The average molecular weight is 299 g/mol. The number of anilines is 1. The predicted molar refractivity (Wildman–Crippen MR) is 70.7 cm³/mol. The van der Waals surface area contributed by atoms with E-state index >= 15 is 0 Å². The van der Waals surface area contributed by atoms with E-state index in [1.807, 2.05) is 0 Å². The molecular formula is C12H14IN. The van der Waals surface area contributed by atoms with Gasteiger partial charge in [0.05, 0.1) is 34.1 Å². The molecule has 0 saturated heterocycles. The van der Waals surface area contributed by atoms with Gasteiger partial charge in [-0.1, -0.05) is 24.3 Å². The lowest BCUT2D eigenvalue weighted by Crippen LogP contribution is -2.37. The van der Waals surface area contributed by atoms with Gasteiger partial charge >= 0.3 is 0 Å². The maximum Gasteiger partial charge on any atom is 0.0630 e. The van der Waals surface area contributed by atoms with E-state index in [0.29, 0.717) is 0 Å². The van der Waals surface area contributed by atoms with Crippen LogP contribution in [0.3, 0.4) is 0 Å². The third-order valence-corrected chi connectivity index (χ3v) is 4.38.